The van der Waals surface area contributed by atoms with E-state index in [-0.39, 0.29) is 29.9 Å². The molecule has 0 aliphatic carbocycles. The highest BCUT2D eigenvalue weighted by Gasteiger charge is 2.09. The molecular formula is C16H25ClIN3O2. The molecule has 0 aromatic heterocycles. The largest absolute Gasteiger partial charge is 0.466 e. The van der Waals surface area contributed by atoms with Crippen molar-refractivity contribution in [3.63, 3.8) is 0 Å². The number of carbonyl (C=O) groups is 1. The zero-order chi connectivity index (χ0) is 16.4. The minimum absolute atomic E-state index is 0. The first kappa shape index (κ1) is 22.0. The van der Waals surface area contributed by atoms with Crippen LogP contribution in [0, 0.1) is 0 Å². The molecule has 0 unspecified atom stereocenters. The van der Waals surface area contributed by atoms with Crippen LogP contribution in [0.1, 0.15) is 25.3 Å². The molecule has 0 aliphatic heterocycles. The Kier molecular flexibility index (Phi) is 11.9. The smallest absolute Gasteiger partial charge is 0.305 e. The molecule has 0 radical (unpaired) electrons. The number of carbonyl (C=O) groups excluding carboxylic acids is 1. The normalized spacial score (nSPS) is 10.7. The fourth-order valence-electron chi connectivity index (χ4n) is 2.01. The molecular weight excluding hydrogens is 429 g/mol. The van der Waals surface area contributed by atoms with Crippen LogP contribution in [0.25, 0.3) is 0 Å². The molecule has 0 aliphatic rings. The van der Waals surface area contributed by atoms with Gasteiger partial charge in [0.05, 0.1) is 6.61 Å². The summed E-state index contributed by atoms with van der Waals surface area (Å²) in [4.78, 5) is 17.5. The molecule has 1 N–H and O–H groups in total. The fraction of sp³-hybridized carbons (Fsp3) is 0.500. The number of benzene rings is 1. The number of guanidine groups is 1. The van der Waals surface area contributed by atoms with Gasteiger partial charge in [0, 0.05) is 38.6 Å². The predicted molar refractivity (Wildman–Crippen MR) is 106 cm³/mol. The molecule has 1 aromatic rings. The van der Waals surface area contributed by atoms with Gasteiger partial charge in [-0.1, -0.05) is 29.8 Å². The van der Waals surface area contributed by atoms with Gasteiger partial charge in [0.1, 0.15) is 0 Å². The van der Waals surface area contributed by atoms with Crippen LogP contribution in [-0.2, 0) is 16.1 Å². The van der Waals surface area contributed by atoms with E-state index < -0.39 is 0 Å². The molecule has 0 saturated heterocycles. The van der Waals surface area contributed by atoms with Crippen molar-refractivity contribution in [1.29, 1.82) is 0 Å². The number of hydrogen-bond donors (Lipinski definition) is 1. The van der Waals surface area contributed by atoms with Gasteiger partial charge in [0.2, 0.25) is 0 Å². The van der Waals surface area contributed by atoms with E-state index in [0.717, 1.165) is 16.5 Å². The lowest BCUT2D eigenvalue weighted by atomic mass is 10.2. The molecule has 0 bridgehead atoms. The minimum atomic E-state index is -0.163. The van der Waals surface area contributed by atoms with Crippen LogP contribution in [0.3, 0.4) is 0 Å². The van der Waals surface area contributed by atoms with Crippen LogP contribution in [0.5, 0.6) is 0 Å². The molecule has 0 heterocycles. The van der Waals surface area contributed by atoms with Gasteiger partial charge in [-0.2, -0.15) is 0 Å². The van der Waals surface area contributed by atoms with E-state index in [4.69, 9.17) is 16.3 Å². The zero-order valence-electron chi connectivity index (χ0n) is 13.8. The number of ether oxygens (including phenoxy) is 1. The van der Waals surface area contributed by atoms with Crippen LogP contribution >= 0.6 is 35.6 Å². The molecule has 0 saturated carbocycles. The number of halogens is 2. The fourth-order valence-corrected chi connectivity index (χ4v) is 2.20. The molecule has 0 spiro atoms. The average molecular weight is 454 g/mol. The Hall–Kier alpha value is -1.02. The van der Waals surface area contributed by atoms with E-state index in [1.54, 1.807) is 7.05 Å². The number of esters is 1. The lowest BCUT2D eigenvalue weighted by molar-refractivity contribution is -0.143. The third-order valence-electron chi connectivity index (χ3n) is 3.08. The minimum Gasteiger partial charge on any atom is -0.466 e. The standard InChI is InChI=1S/C16H24ClN3O2.HI/c1-4-22-15(21)10-7-11-19-16(18-2)20(3)12-13-8-5-6-9-14(13)17;/h5-6,8-9H,4,7,10-12H2,1-3H3,(H,18,19);1H. The second kappa shape index (κ2) is 12.4. The van der Waals surface area contributed by atoms with Crippen molar-refractivity contribution in [2.75, 3.05) is 27.2 Å². The number of rotatable bonds is 7. The SMILES string of the molecule is CCOC(=O)CCCNC(=NC)N(C)Cc1ccccc1Cl.I. The Morgan fingerprint density at radius 2 is 2.09 bits per heavy atom. The van der Waals surface area contributed by atoms with E-state index >= 15 is 0 Å². The summed E-state index contributed by atoms with van der Waals surface area (Å²) in [7, 11) is 3.68. The number of nitrogens with zero attached hydrogens (tertiary/aromatic N) is 2. The van der Waals surface area contributed by atoms with Gasteiger partial charge in [-0.25, -0.2) is 0 Å². The lowest BCUT2D eigenvalue weighted by Gasteiger charge is -2.22. The average Bonchev–Trinajstić information content (AvgIpc) is 2.50. The molecule has 23 heavy (non-hydrogen) atoms. The molecule has 5 nitrogen and oxygen atoms in total. The summed E-state index contributed by atoms with van der Waals surface area (Å²) in [5, 5.41) is 3.97. The second-order valence-electron chi connectivity index (χ2n) is 4.83. The first-order valence-electron chi connectivity index (χ1n) is 7.39. The lowest BCUT2D eigenvalue weighted by Crippen LogP contribution is -2.39. The van der Waals surface area contributed by atoms with Gasteiger partial charge in [0.15, 0.2) is 5.96 Å². The summed E-state index contributed by atoms with van der Waals surface area (Å²) >= 11 is 6.17. The van der Waals surface area contributed by atoms with Crippen molar-refractivity contribution in [2.24, 2.45) is 4.99 Å². The monoisotopic (exact) mass is 453 g/mol. The van der Waals surface area contributed by atoms with Gasteiger partial charge in [0.25, 0.3) is 0 Å². The molecule has 0 atom stereocenters. The zero-order valence-corrected chi connectivity index (χ0v) is 16.9. The topological polar surface area (TPSA) is 53.9 Å². The second-order valence-corrected chi connectivity index (χ2v) is 5.24. The van der Waals surface area contributed by atoms with Crippen LogP contribution < -0.4 is 5.32 Å². The van der Waals surface area contributed by atoms with Crippen LogP contribution in [0.15, 0.2) is 29.3 Å². The summed E-state index contributed by atoms with van der Waals surface area (Å²) in [6, 6.07) is 7.74. The highest BCUT2D eigenvalue weighted by Crippen LogP contribution is 2.16. The Bertz CT molecular complexity index is 512. The third-order valence-corrected chi connectivity index (χ3v) is 3.45. The van der Waals surface area contributed by atoms with Crippen LogP contribution in [0.2, 0.25) is 5.02 Å². The van der Waals surface area contributed by atoms with E-state index in [0.29, 0.717) is 32.5 Å². The first-order valence-corrected chi connectivity index (χ1v) is 7.77. The Labute approximate surface area is 160 Å². The molecule has 1 rings (SSSR count). The third kappa shape index (κ3) is 8.41. The van der Waals surface area contributed by atoms with Gasteiger partial charge < -0.3 is 15.0 Å². The Morgan fingerprint density at radius 1 is 1.39 bits per heavy atom. The maximum absolute atomic E-state index is 11.3. The van der Waals surface area contributed by atoms with Crippen molar-refractivity contribution < 1.29 is 9.53 Å². The summed E-state index contributed by atoms with van der Waals surface area (Å²) in [6.45, 7) is 3.56. The van der Waals surface area contributed by atoms with E-state index in [9.17, 15) is 4.79 Å². The maximum atomic E-state index is 11.3. The summed E-state index contributed by atoms with van der Waals surface area (Å²) in [5.41, 5.74) is 1.04. The van der Waals surface area contributed by atoms with Gasteiger partial charge >= 0.3 is 5.97 Å². The maximum Gasteiger partial charge on any atom is 0.305 e. The van der Waals surface area contributed by atoms with Crippen molar-refractivity contribution >= 4 is 47.5 Å². The Balaban J connectivity index is 0.00000484. The molecule has 0 amide bonds. The summed E-state index contributed by atoms with van der Waals surface area (Å²) in [5.74, 6) is 0.604. The van der Waals surface area contributed by atoms with Gasteiger partial charge in [-0.05, 0) is 25.0 Å². The molecule has 130 valence electrons. The van der Waals surface area contributed by atoms with E-state index in [1.807, 2.05) is 43.1 Å². The summed E-state index contributed by atoms with van der Waals surface area (Å²) in [6.07, 6.45) is 1.11. The van der Waals surface area contributed by atoms with Crippen molar-refractivity contribution in [2.45, 2.75) is 26.3 Å². The number of aliphatic imine (C=N–C) groups is 1. The van der Waals surface area contributed by atoms with E-state index in [1.165, 1.54) is 0 Å². The summed E-state index contributed by atoms with van der Waals surface area (Å²) < 4.78 is 4.89. The Morgan fingerprint density at radius 3 is 2.70 bits per heavy atom. The quantitative estimate of drug-likeness (QED) is 0.226. The van der Waals surface area contributed by atoms with E-state index in [2.05, 4.69) is 10.3 Å². The number of nitrogens with one attached hydrogen (secondary N) is 1. The van der Waals surface area contributed by atoms with Gasteiger partial charge in [-0.15, -0.1) is 24.0 Å². The highest BCUT2D eigenvalue weighted by molar-refractivity contribution is 14.0. The highest BCUT2D eigenvalue weighted by atomic mass is 127. The van der Waals surface area contributed by atoms with Crippen molar-refractivity contribution in [3.8, 4) is 0 Å². The van der Waals surface area contributed by atoms with Crippen LogP contribution in [-0.4, -0.2) is 44.1 Å². The first-order chi connectivity index (χ1) is 10.6. The predicted octanol–water partition coefficient (Wildman–Crippen LogP) is 3.31. The van der Waals surface area contributed by atoms with Gasteiger partial charge in [-0.3, -0.25) is 9.79 Å². The van der Waals surface area contributed by atoms with Crippen molar-refractivity contribution in [3.05, 3.63) is 34.9 Å². The van der Waals surface area contributed by atoms with Crippen molar-refractivity contribution in [1.82, 2.24) is 10.2 Å². The molecule has 1 aromatic carbocycles. The number of hydrogen-bond acceptors (Lipinski definition) is 3. The molecule has 0 fully saturated rings. The molecule has 7 heteroatoms. The van der Waals surface area contributed by atoms with Crippen LogP contribution in [0.4, 0.5) is 0 Å².